The molecule has 0 unspecified atom stereocenters. The lowest BCUT2D eigenvalue weighted by Crippen LogP contribution is -2.17. The van der Waals surface area contributed by atoms with Gasteiger partial charge in [-0.1, -0.05) is 55.5 Å². The second-order valence-corrected chi connectivity index (χ2v) is 6.26. The summed E-state index contributed by atoms with van der Waals surface area (Å²) in [5.41, 5.74) is 1.26. The lowest BCUT2D eigenvalue weighted by atomic mass is 9.91. The summed E-state index contributed by atoms with van der Waals surface area (Å²) in [6, 6.07) is 15.6. The van der Waals surface area contributed by atoms with Crippen LogP contribution in [0.2, 0.25) is 0 Å². The van der Waals surface area contributed by atoms with Gasteiger partial charge in [0.2, 0.25) is 10.0 Å². The van der Waals surface area contributed by atoms with Crippen LogP contribution in [0.15, 0.2) is 59.5 Å². The van der Waals surface area contributed by atoms with E-state index in [1.807, 2.05) is 18.2 Å². The molecule has 106 valence electrons. The van der Waals surface area contributed by atoms with Crippen molar-refractivity contribution in [2.24, 2.45) is 5.14 Å². The molecule has 0 aliphatic carbocycles. The Labute approximate surface area is 118 Å². The van der Waals surface area contributed by atoms with Gasteiger partial charge in [-0.3, -0.25) is 0 Å². The summed E-state index contributed by atoms with van der Waals surface area (Å²) >= 11 is 0. The zero-order chi connectivity index (χ0) is 14.8. The number of sulfonamides is 1. The highest BCUT2D eigenvalue weighted by atomic mass is 32.2. The normalized spacial score (nSPS) is 14.8. The van der Waals surface area contributed by atoms with E-state index < -0.39 is 16.1 Å². The molecular formula is C15H17NO3S. The average Bonchev–Trinajstić information content (AvgIpc) is 2.46. The summed E-state index contributed by atoms with van der Waals surface area (Å²) in [5, 5.41) is 15.6. The van der Waals surface area contributed by atoms with E-state index in [0.29, 0.717) is 5.56 Å². The number of primary sulfonamides is 1. The predicted octanol–water partition coefficient (Wildman–Crippen LogP) is 2.17. The molecule has 2 rings (SSSR count). The Morgan fingerprint density at radius 1 is 1.00 bits per heavy atom. The second kappa shape index (κ2) is 5.75. The number of hydrogen-bond acceptors (Lipinski definition) is 3. The van der Waals surface area contributed by atoms with Crippen molar-refractivity contribution in [3.63, 3.8) is 0 Å². The Kier molecular flexibility index (Phi) is 4.23. The summed E-state index contributed by atoms with van der Waals surface area (Å²) in [6.45, 7) is 1.78. The maximum absolute atomic E-state index is 11.6. The lowest BCUT2D eigenvalue weighted by molar-refractivity contribution is 0.150. The van der Waals surface area contributed by atoms with Gasteiger partial charge in [0.15, 0.2) is 0 Å². The summed E-state index contributed by atoms with van der Waals surface area (Å²) in [6.07, 6.45) is -0.793. The van der Waals surface area contributed by atoms with Gasteiger partial charge >= 0.3 is 0 Å². The van der Waals surface area contributed by atoms with Crippen molar-refractivity contribution >= 4 is 10.0 Å². The van der Waals surface area contributed by atoms with Crippen LogP contribution in [-0.4, -0.2) is 13.5 Å². The smallest absolute Gasteiger partial charge is 0.238 e. The minimum Gasteiger partial charge on any atom is -0.388 e. The highest BCUT2D eigenvalue weighted by Gasteiger charge is 2.23. The zero-order valence-corrected chi connectivity index (χ0v) is 11.9. The van der Waals surface area contributed by atoms with E-state index in [1.54, 1.807) is 37.3 Å². The quantitative estimate of drug-likeness (QED) is 0.906. The fraction of sp³-hybridized carbons (Fsp3) is 0.200. The SMILES string of the molecule is C[C@@H](c1ccccc1S(N)(=O)=O)[C@@H](O)c1ccccc1. The predicted molar refractivity (Wildman–Crippen MR) is 77.6 cm³/mol. The topological polar surface area (TPSA) is 80.4 Å². The van der Waals surface area contributed by atoms with Gasteiger partial charge in [-0.15, -0.1) is 0 Å². The van der Waals surface area contributed by atoms with Crippen molar-refractivity contribution < 1.29 is 13.5 Å². The number of nitrogens with two attached hydrogens (primary N) is 1. The second-order valence-electron chi connectivity index (χ2n) is 4.73. The van der Waals surface area contributed by atoms with Crippen LogP contribution in [0, 0.1) is 0 Å². The maximum Gasteiger partial charge on any atom is 0.238 e. The van der Waals surface area contributed by atoms with Gasteiger partial charge in [0.25, 0.3) is 0 Å². The average molecular weight is 291 g/mol. The molecule has 0 fully saturated rings. The molecule has 20 heavy (non-hydrogen) atoms. The highest BCUT2D eigenvalue weighted by Crippen LogP contribution is 2.33. The molecule has 5 heteroatoms. The lowest BCUT2D eigenvalue weighted by Gasteiger charge is -2.21. The fourth-order valence-corrected chi connectivity index (χ4v) is 3.08. The molecule has 0 saturated heterocycles. The molecule has 2 aromatic rings. The molecule has 2 atom stereocenters. The summed E-state index contributed by atoms with van der Waals surface area (Å²) in [4.78, 5) is 0.0579. The van der Waals surface area contributed by atoms with Crippen molar-refractivity contribution in [1.82, 2.24) is 0 Å². The van der Waals surface area contributed by atoms with Crippen molar-refractivity contribution in [2.45, 2.75) is 23.8 Å². The van der Waals surface area contributed by atoms with Crippen molar-refractivity contribution in [3.05, 3.63) is 65.7 Å². The molecule has 0 heterocycles. The van der Waals surface area contributed by atoms with Crippen LogP contribution in [0.4, 0.5) is 0 Å². The van der Waals surface area contributed by atoms with E-state index >= 15 is 0 Å². The molecule has 2 aromatic carbocycles. The standard InChI is InChI=1S/C15H17NO3S/c1-11(15(17)12-7-3-2-4-8-12)13-9-5-6-10-14(13)20(16,18)19/h2-11,15,17H,1H3,(H2,16,18,19)/t11-,15+/m0/s1. The molecule has 0 radical (unpaired) electrons. The van der Waals surface area contributed by atoms with Crippen LogP contribution >= 0.6 is 0 Å². The maximum atomic E-state index is 11.6. The van der Waals surface area contributed by atoms with Crippen molar-refractivity contribution in [3.8, 4) is 0 Å². The van der Waals surface area contributed by atoms with Crippen LogP contribution in [0.5, 0.6) is 0 Å². The molecule has 0 bridgehead atoms. The third-order valence-corrected chi connectivity index (χ3v) is 4.32. The molecule has 0 aliphatic heterocycles. The van der Waals surface area contributed by atoms with Gasteiger partial charge in [-0.05, 0) is 17.2 Å². The molecule has 0 aliphatic rings. The third kappa shape index (κ3) is 3.07. The number of rotatable bonds is 4. The highest BCUT2D eigenvalue weighted by molar-refractivity contribution is 7.89. The van der Waals surface area contributed by atoms with Gasteiger partial charge in [0.05, 0.1) is 11.0 Å². The van der Waals surface area contributed by atoms with E-state index in [9.17, 15) is 13.5 Å². The Hall–Kier alpha value is -1.69. The summed E-state index contributed by atoms with van der Waals surface area (Å²) < 4.78 is 23.2. The Balaban J connectivity index is 2.42. The monoisotopic (exact) mass is 291 g/mol. The van der Waals surface area contributed by atoms with Gasteiger partial charge in [0.1, 0.15) is 0 Å². The first-order chi connectivity index (χ1) is 9.41. The van der Waals surface area contributed by atoms with Crippen molar-refractivity contribution in [1.29, 1.82) is 0 Å². The van der Waals surface area contributed by atoms with Crippen LogP contribution in [0.1, 0.15) is 30.1 Å². The molecule has 0 spiro atoms. The van der Waals surface area contributed by atoms with E-state index in [0.717, 1.165) is 5.56 Å². The Morgan fingerprint density at radius 2 is 1.55 bits per heavy atom. The van der Waals surface area contributed by atoms with Gasteiger partial charge < -0.3 is 5.11 Å². The molecule has 3 N–H and O–H groups in total. The molecule has 0 aromatic heterocycles. The number of benzene rings is 2. The fourth-order valence-electron chi connectivity index (χ4n) is 2.22. The first-order valence-corrected chi connectivity index (χ1v) is 7.80. The minimum absolute atomic E-state index is 0.0579. The largest absolute Gasteiger partial charge is 0.388 e. The third-order valence-electron chi connectivity index (χ3n) is 3.33. The molecule has 0 saturated carbocycles. The summed E-state index contributed by atoms with van der Waals surface area (Å²) in [5.74, 6) is -0.382. The van der Waals surface area contributed by atoms with E-state index in [-0.39, 0.29) is 10.8 Å². The number of hydrogen-bond donors (Lipinski definition) is 2. The van der Waals surface area contributed by atoms with E-state index in [2.05, 4.69) is 0 Å². The molecule has 0 amide bonds. The van der Waals surface area contributed by atoms with Gasteiger partial charge in [0, 0.05) is 5.92 Å². The van der Waals surface area contributed by atoms with Crippen LogP contribution in [0.25, 0.3) is 0 Å². The number of aliphatic hydroxyl groups is 1. The minimum atomic E-state index is -3.81. The summed E-state index contributed by atoms with van der Waals surface area (Å²) in [7, 11) is -3.81. The van der Waals surface area contributed by atoms with Crippen LogP contribution in [0.3, 0.4) is 0 Å². The Morgan fingerprint density at radius 3 is 2.15 bits per heavy atom. The first-order valence-electron chi connectivity index (χ1n) is 6.26. The van der Waals surface area contributed by atoms with Gasteiger partial charge in [-0.2, -0.15) is 0 Å². The number of aliphatic hydroxyl groups excluding tert-OH is 1. The first kappa shape index (κ1) is 14.7. The molecule has 4 nitrogen and oxygen atoms in total. The van der Waals surface area contributed by atoms with Crippen LogP contribution < -0.4 is 5.14 Å². The van der Waals surface area contributed by atoms with Crippen LogP contribution in [-0.2, 0) is 10.0 Å². The molecular weight excluding hydrogens is 274 g/mol. The van der Waals surface area contributed by atoms with E-state index in [4.69, 9.17) is 5.14 Å². The van der Waals surface area contributed by atoms with E-state index in [1.165, 1.54) is 6.07 Å². The Bertz CT molecular complexity index is 683. The van der Waals surface area contributed by atoms with Gasteiger partial charge in [-0.25, -0.2) is 13.6 Å². The zero-order valence-electron chi connectivity index (χ0n) is 11.1. The van der Waals surface area contributed by atoms with Crippen molar-refractivity contribution in [2.75, 3.05) is 0 Å².